The van der Waals surface area contributed by atoms with Crippen LogP contribution in [0.4, 0.5) is 0 Å². The van der Waals surface area contributed by atoms with Gasteiger partial charge >= 0.3 is 11.6 Å². The number of halogens is 1. The monoisotopic (exact) mass is 344 g/mol. The Morgan fingerprint density at radius 1 is 1.29 bits per heavy atom. The van der Waals surface area contributed by atoms with E-state index in [1.165, 1.54) is 6.07 Å². The molecule has 2 aliphatic carbocycles. The number of aryl methyl sites for hydroxylation is 1. The van der Waals surface area contributed by atoms with E-state index < -0.39 is 5.63 Å². The van der Waals surface area contributed by atoms with Crippen molar-refractivity contribution in [1.82, 2.24) is 0 Å². The van der Waals surface area contributed by atoms with Gasteiger partial charge in [-0.2, -0.15) is 0 Å². The van der Waals surface area contributed by atoms with Crippen molar-refractivity contribution in [2.75, 3.05) is 0 Å². The maximum Gasteiger partial charge on any atom is 0.336 e. The lowest BCUT2D eigenvalue weighted by Gasteiger charge is -2.17. The van der Waals surface area contributed by atoms with Crippen LogP contribution in [0.25, 0.3) is 11.0 Å². The molecule has 0 saturated heterocycles. The Hall–Kier alpha value is -2.07. The van der Waals surface area contributed by atoms with E-state index in [4.69, 9.17) is 20.8 Å². The largest absolute Gasteiger partial charge is 0.461 e. The number of carbonyl (C=O) groups is 1. The van der Waals surface area contributed by atoms with Gasteiger partial charge in [0.2, 0.25) is 0 Å². The van der Waals surface area contributed by atoms with Gasteiger partial charge in [-0.1, -0.05) is 23.8 Å². The Morgan fingerprint density at radius 2 is 2.12 bits per heavy atom. The minimum absolute atomic E-state index is 0.0535. The summed E-state index contributed by atoms with van der Waals surface area (Å²) in [5.41, 5.74) is 1.45. The van der Waals surface area contributed by atoms with E-state index in [0.29, 0.717) is 33.4 Å². The molecule has 1 fully saturated rings. The highest BCUT2D eigenvalue weighted by Gasteiger charge is 2.40. The minimum atomic E-state index is -0.460. The summed E-state index contributed by atoms with van der Waals surface area (Å²) in [5.74, 6) is 0.569. The van der Waals surface area contributed by atoms with Gasteiger partial charge in [-0.25, -0.2) is 4.79 Å². The molecule has 1 saturated carbocycles. The van der Waals surface area contributed by atoms with Crippen molar-refractivity contribution in [2.45, 2.75) is 26.4 Å². The maximum atomic E-state index is 12.4. The third kappa shape index (κ3) is 2.65. The fraction of sp³-hybridized carbons (Fsp3) is 0.368. The average Bonchev–Trinajstić information content (AvgIpc) is 3.17. The zero-order chi connectivity index (χ0) is 16.8. The summed E-state index contributed by atoms with van der Waals surface area (Å²) in [5, 5.41) is 1.29. The maximum absolute atomic E-state index is 12.4. The smallest absolute Gasteiger partial charge is 0.336 e. The van der Waals surface area contributed by atoms with E-state index in [9.17, 15) is 9.59 Å². The lowest BCUT2D eigenvalue weighted by atomic mass is 9.94. The minimum Gasteiger partial charge on any atom is -0.461 e. The summed E-state index contributed by atoms with van der Waals surface area (Å²) < 4.78 is 10.7. The van der Waals surface area contributed by atoms with Gasteiger partial charge in [0, 0.05) is 22.0 Å². The third-order valence-corrected chi connectivity index (χ3v) is 5.47. The summed E-state index contributed by atoms with van der Waals surface area (Å²) in [4.78, 5) is 24.1. The molecule has 124 valence electrons. The van der Waals surface area contributed by atoms with Crippen LogP contribution in [0.2, 0.25) is 5.02 Å². The van der Waals surface area contributed by atoms with E-state index >= 15 is 0 Å². The fourth-order valence-corrected chi connectivity index (χ4v) is 3.94. The van der Waals surface area contributed by atoms with E-state index in [2.05, 4.69) is 12.2 Å². The lowest BCUT2D eigenvalue weighted by Crippen LogP contribution is -2.21. The zero-order valence-corrected chi connectivity index (χ0v) is 14.0. The van der Waals surface area contributed by atoms with Crippen molar-refractivity contribution in [3.63, 3.8) is 0 Å². The first-order valence-electron chi connectivity index (χ1n) is 8.09. The Kier molecular flexibility index (Phi) is 3.72. The topological polar surface area (TPSA) is 56.5 Å². The highest BCUT2D eigenvalue weighted by atomic mass is 35.5. The predicted molar refractivity (Wildman–Crippen MR) is 90.9 cm³/mol. The molecule has 4 nitrogen and oxygen atoms in total. The van der Waals surface area contributed by atoms with Gasteiger partial charge in [-0.05, 0) is 49.3 Å². The number of rotatable bonds is 3. The summed E-state index contributed by atoms with van der Waals surface area (Å²) in [6, 6.07) is 4.84. The quantitative estimate of drug-likeness (QED) is 0.479. The second-order valence-electron chi connectivity index (χ2n) is 6.68. The van der Waals surface area contributed by atoms with Crippen LogP contribution < -0.4 is 5.63 Å². The molecule has 1 aromatic carbocycles. The molecule has 2 aliphatic rings. The van der Waals surface area contributed by atoms with Crippen molar-refractivity contribution in [3.8, 4) is 0 Å². The number of hydrogen-bond acceptors (Lipinski definition) is 4. The SMILES string of the molecule is Cc1cc2oc(=O)cc(COC(=O)[C@@H]3C[C@H]4C=C[C@H]3C4)c2cc1Cl. The van der Waals surface area contributed by atoms with Crippen LogP contribution in [0.3, 0.4) is 0 Å². The van der Waals surface area contributed by atoms with Crippen LogP contribution in [0.1, 0.15) is 24.0 Å². The van der Waals surface area contributed by atoms with Crippen molar-refractivity contribution in [2.24, 2.45) is 17.8 Å². The van der Waals surface area contributed by atoms with Crippen molar-refractivity contribution < 1.29 is 13.9 Å². The molecular formula is C19H17ClO4. The summed E-state index contributed by atoms with van der Waals surface area (Å²) in [7, 11) is 0. The molecule has 0 N–H and O–H groups in total. The summed E-state index contributed by atoms with van der Waals surface area (Å²) >= 11 is 6.17. The highest BCUT2D eigenvalue weighted by Crippen LogP contribution is 2.44. The Morgan fingerprint density at radius 3 is 2.83 bits per heavy atom. The van der Waals surface area contributed by atoms with Gasteiger partial charge in [0.1, 0.15) is 12.2 Å². The Labute approximate surface area is 144 Å². The molecule has 1 aromatic heterocycles. The Bertz CT molecular complexity index is 911. The third-order valence-electron chi connectivity index (χ3n) is 5.06. The van der Waals surface area contributed by atoms with Crippen LogP contribution in [-0.2, 0) is 16.1 Å². The van der Waals surface area contributed by atoms with E-state index in [0.717, 1.165) is 18.4 Å². The van der Waals surface area contributed by atoms with Gasteiger partial charge in [0.05, 0.1) is 5.92 Å². The summed E-state index contributed by atoms with van der Waals surface area (Å²) in [6.45, 7) is 1.90. The summed E-state index contributed by atoms with van der Waals surface area (Å²) in [6.07, 6.45) is 6.22. The predicted octanol–water partition coefficient (Wildman–Crippen LogP) is 4.01. The molecule has 0 radical (unpaired) electrons. The molecule has 2 bridgehead atoms. The van der Waals surface area contributed by atoms with Crippen molar-refractivity contribution in [3.05, 3.63) is 56.9 Å². The van der Waals surface area contributed by atoms with Gasteiger partial charge in [0.15, 0.2) is 0 Å². The number of fused-ring (bicyclic) bond motifs is 3. The van der Waals surface area contributed by atoms with Gasteiger partial charge < -0.3 is 9.15 Å². The zero-order valence-electron chi connectivity index (χ0n) is 13.3. The second kappa shape index (κ2) is 5.78. The molecule has 24 heavy (non-hydrogen) atoms. The fourth-order valence-electron chi connectivity index (χ4n) is 3.78. The molecule has 0 spiro atoms. The van der Waals surface area contributed by atoms with E-state index in [-0.39, 0.29) is 18.5 Å². The molecule has 0 aliphatic heterocycles. The number of carbonyl (C=O) groups excluding carboxylic acids is 1. The molecule has 2 aromatic rings. The van der Waals surface area contributed by atoms with Gasteiger partial charge in [-0.3, -0.25) is 4.79 Å². The first kappa shape index (κ1) is 15.5. The Balaban J connectivity index is 1.58. The highest BCUT2D eigenvalue weighted by molar-refractivity contribution is 6.32. The van der Waals surface area contributed by atoms with Crippen LogP contribution in [-0.4, -0.2) is 5.97 Å². The van der Waals surface area contributed by atoms with Gasteiger partial charge in [0.25, 0.3) is 0 Å². The van der Waals surface area contributed by atoms with E-state index in [1.807, 2.05) is 6.92 Å². The lowest BCUT2D eigenvalue weighted by molar-refractivity contribution is -0.150. The van der Waals surface area contributed by atoms with Crippen LogP contribution in [0.5, 0.6) is 0 Å². The first-order valence-corrected chi connectivity index (χ1v) is 8.47. The van der Waals surface area contributed by atoms with Gasteiger partial charge in [-0.15, -0.1) is 0 Å². The molecule has 0 amide bonds. The number of ether oxygens (including phenoxy) is 1. The van der Waals surface area contributed by atoms with E-state index in [1.54, 1.807) is 12.1 Å². The number of allylic oxidation sites excluding steroid dienone is 2. The second-order valence-corrected chi connectivity index (χ2v) is 7.09. The van der Waals surface area contributed by atoms with Crippen LogP contribution in [0.15, 0.2) is 39.6 Å². The molecular weight excluding hydrogens is 328 g/mol. The van der Waals surface area contributed by atoms with Crippen LogP contribution in [0, 0.1) is 24.7 Å². The van der Waals surface area contributed by atoms with Crippen molar-refractivity contribution >= 4 is 28.5 Å². The molecule has 5 heteroatoms. The number of benzene rings is 1. The normalized spacial score (nSPS) is 24.7. The standard InChI is InChI=1S/C19H17ClO4/c1-10-4-17-14(8-16(10)20)13(7-18(21)24-17)9-23-19(22)15-6-11-2-3-12(15)5-11/h2-4,7-8,11-12,15H,5-6,9H2,1H3/t11-,12-,15+/m0/s1. The number of hydrogen-bond donors (Lipinski definition) is 0. The molecule has 1 heterocycles. The molecule has 3 atom stereocenters. The van der Waals surface area contributed by atoms with Crippen molar-refractivity contribution in [1.29, 1.82) is 0 Å². The molecule has 4 rings (SSSR count). The number of esters is 1. The average molecular weight is 345 g/mol. The first-order chi connectivity index (χ1) is 11.5. The molecule has 0 unspecified atom stereocenters. The van der Waals surface area contributed by atoms with Crippen LogP contribution >= 0.6 is 11.6 Å².